The molecule has 278 valence electrons. The van der Waals surface area contributed by atoms with Crippen LogP contribution >= 0.6 is 0 Å². The number of likely N-dealkylation sites (N-methyl/N-ethyl adjacent to an activating group) is 1. The Bertz CT molecular complexity index is 1780. The number of fused-ring (bicyclic) bond motifs is 1. The first-order chi connectivity index (χ1) is 24.9. The number of aromatic nitrogens is 2. The highest BCUT2D eigenvalue weighted by Crippen LogP contribution is 2.32. The topological polar surface area (TPSA) is 185 Å². The van der Waals surface area contributed by atoms with Crippen LogP contribution in [0.15, 0.2) is 47.0 Å². The predicted molar refractivity (Wildman–Crippen MR) is 177 cm³/mol. The summed E-state index contributed by atoms with van der Waals surface area (Å²) in [5.41, 5.74) is 1.41. The number of hydrogen-bond acceptors (Lipinski definition) is 12. The number of benzene rings is 2. The van der Waals surface area contributed by atoms with E-state index in [1.54, 1.807) is 12.1 Å². The Morgan fingerprint density at radius 3 is 2.46 bits per heavy atom. The van der Waals surface area contributed by atoms with Gasteiger partial charge in [-0.05, 0) is 44.2 Å². The fourth-order valence-electron chi connectivity index (χ4n) is 5.78. The van der Waals surface area contributed by atoms with Gasteiger partial charge in [0.25, 0.3) is 17.7 Å². The van der Waals surface area contributed by atoms with Crippen LogP contribution in [0.5, 0.6) is 0 Å². The van der Waals surface area contributed by atoms with Crippen LogP contribution in [-0.2, 0) is 25.2 Å². The van der Waals surface area contributed by atoms with Crippen molar-refractivity contribution in [1.29, 1.82) is 0 Å². The number of anilines is 1. The van der Waals surface area contributed by atoms with Gasteiger partial charge < -0.3 is 24.6 Å². The van der Waals surface area contributed by atoms with Gasteiger partial charge in [0.1, 0.15) is 6.04 Å². The van der Waals surface area contributed by atoms with Crippen molar-refractivity contribution in [2.75, 3.05) is 57.9 Å². The molecule has 2 unspecified atom stereocenters. The molecular formula is C34H38F3N7O8. The molecule has 0 saturated carbocycles. The second kappa shape index (κ2) is 16.9. The third-order valence-electron chi connectivity index (χ3n) is 8.38. The first kappa shape index (κ1) is 38.0. The zero-order valence-electron chi connectivity index (χ0n) is 28.5. The van der Waals surface area contributed by atoms with Crippen molar-refractivity contribution >= 4 is 35.2 Å². The molecule has 3 aromatic rings. The first-order valence-corrected chi connectivity index (χ1v) is 16.7. The van der Waals surface area contributed by atoms with Crippen molar-refractivity contribution in [2.45, 2.75) is 44.9 Å². The molecule has 1 fully saturated rings. The number of carbonyl (C=O) groups is 5. The Morgan fingerprint density at radius 1 is 1.06 bits per heavy atom. The fourth-order valence-corrected chi connectivity index (χ4v) is 5.78. The maximum atomic E-state index is 13.2. The Kier molecular flexibility index (Phi) is 12.3. The predicted octanol–water partition coefficient (Wildman–Crippen LogP) is 2.74. The third-order valence-corrected chi connectivity index (χ3v) is 8.38. The average Bonchev–Trinajstić information content (AvgIpc) is 3.71. The van der Waals surface area contributed by atoms with Crippen LogP contribution in [0.2, 0.25) is 0 Å². The van der Waals surface area contributed by atoms with Gasteiger partial charge in [-0.25, -0.2) is 0 Å². The Balaban J connectivity index is 0.963. The number of ether oxygens (including phenoxy) is 2. The second-order valence-electron chi connectivity index (χ2n) is 12.1. The molecule has 0 radical (unpaired) electrons. The molecule has 0 bridgehead atoms. The molecule has 15 nitrogen and oxygen atoms in total. The van der Waals surface area contributed by atoms with Crippen LogP contribution in [0.25, 0.3) is 11.4 Å². The van der Waals surface area contributed by atoms with Gasteiger partial charge in [0.2, 0.25) is 17.6 Å². The monoisotopic (exact) mass is 729 g/mol. The highest BCUT2D eigenvalue weighted by Gasteiger charge is 2.45. The molecule has 0 spiro atoms. The lowest BCUT2D eigenvalue weighted by Crippen LogP contribution is -2.54. The molecule has 2 aliphatic rings. The summed E-state index contributed by atoms with van der Waals surface area (Å²) in [5, 5.41) is 11.6. The van der Waals surface area contributed by atoms with E-state index in [4.69, 9.17) is 9.47 Å². The Labute approximate surface area is 296 Å². The summed E-state index contributed by atoms with van der Waals surface area (Å²) >= 11 is 0. The van der Waals surface area contributed by atoms with E-state index in [1.807, 2.05) is 13.8 Å². The average molecular weight is 730 g/mol. The molecular weight excluding hydrogens is 691 g/mol. The van der Waals surface area contributed by atoms with E-state index in [-0.39, 0.29) is 47.3 Å². The Morgan fingerprint density at radius 2 is 1.79 bits per heavy atom. The highest BCUT2D eigenvalue weighted by molar-refractivity contribution is 6.25. The molecule has 2 aliphatic heterocycles. The zero-order chi connectivity index (χ0) is 37.4. The molecule has 52 heavy (non-hydrogen) atoms. The highest BCUT2D eigenvalue weighted by atomic mass is 19.4. The lowest BCUT2D eigenvalue weighted by atomic mass is 10.0. The molecule has 3 N–H and O–H groups in total. The van der Waals surface area contributed by atoms with E-state index in [9.17, 15) is 37.1 Å². The van der Waals surface area contributed by atoms with Gasteiger partial charge in [-0.1, -0.05) is 30.3 Å². The number of hydrogen-bond donors (Lipinski definition) is 3. The van der Waals surface area contributed by atoms with Crippen molar-refractivity contribution in [1.82, 2.24) is 30.6 Å². The molecule has 5 amide bonds. The first-order valence-electron chi connectivity index (χ1n) is 16.7. The minimum atomic E-state index is -4.75. The van der Waals surface area contributed by atoms with Crippen LogP contribution < -0.4 is 16.0 Å². The third kappa shape index (κ3) is 9.17. The van der Waals surface area contributed by atoms with Crippen LogP contribution in [0.4, 0.5) is 18.9 Å². The van der Waals surface area contributed by atoms with E-state index in [2.05, 4.69) is 35.5 Å². The number of carbonyl (C=O) groups excluding carboxylic acids is 5. The van der Waals surface area contributed by atoms with Crippen LogP contribution in [0, 0.1) is 0 Å². The SMILES string of the molecule is CCN(CCOCCOCCNc1cccc2c1C(=O)N(C1CCC(=O)NC1=O)C2=O)CC(C)NC(=O)c1ccc(-c2noc(C(F)(F)F)n2)cc1. The van der Waals surface area contributed by atoms with Crippen molar-refractivity contribution in [3.05, 3.63) is 65.0 Å². The number of halogens is 3. The smallest absolute Gasteiger partial charge is 0.382 e. The zero-order valence-corrected chi connectivity index (χ0v) is 28.5. The fraction of sp³-hybridized carbons (Fsp3) is 0.441. The lowest BCUT2D eigenvalue weighted by Gasteiger charge is -2.27. The quantitative estimate of drug-likeness (QED) is 0.137. The van der Waals surface area contributed by atoms with Crippen molar-refractivity contribution < 1.29 is 51.1 Å². The summed E-state index contributed by atoms with van der Waals surface area (Å²) in [4.78, 5) is 69.2. The normalized spacial score (nSPS) is 16.7. The van der Waals surface area contributed by atoms with Crippen LogP contribution in [0.3, 0.4) is 0 Å². The van der Waals surface area contributed by atoms with Gasteiger partial charge >= 0.3 is 12.1 Å². The van der Waals surface area contributed by atoms with Crippen LogP contribution in [0.1, 0.15) is 63.7 Å². The van der Waals surface area contributed by atoms with Crippen molar-refractivity contribution in [2.24, 2.45) is 0 Å². The summed E-state index contributed by atoms with van der Waals surface area (Å²) < 4.78 is 53.8. The minimum absolute atomic E-state index is 0.0423. The minimum Gasteiger partial charge on any atom is -0.382 e. The van der Waals surface area contributed by atoms with Crippen molar-refractivity contribution in [3.8, 4) is 11.4 Å². The molecule has 2 atom stereocenters. The molecule has 18 heteroatoms. The van der Waals surface area contributed by atoms with E-state index in [0.29, 0.717) is 63.9 Å². The summed E-state index contributed by atoms with van der Waals surface area (Å²) in [6.07, 6.45) is -4.63. The van der Waals surface area contributed by atoms with E-state index in [1.165, 1.54) is 30.3 Å². The molecule has 1 saturated heterocycles. The lowest BCUT2D eigenvalue weighted by molar-refractivity contribution is -0.159. The maximum Gasteiger partial charge on any atom is 0.471 e. The number of nitrogens with zero attached hydrogens (tertiary/aromatic N) is 4. The van der Waals surface area contributed by atoms with Gasteiger partial charge in [-0.15, -0.1) is 0 Å². The van der Waals surface area contributed by atoms with Crippen LogP contribution in [-0.4, -0.2) is 114 Å². The number of piperidine rings is 1. The van der Waals surface area contributed by atoms with E-state index in [0.717, 1.165) is 4.90 Å². The van der Waals surface area contributed by atoms with Crippen molar-refractivity contribution in [3.63, 3.8) is 0 Å². The molecule has 2 aromatic carbocycles. The molecule has 1 aromatic heterocycles. The van der Waals surface area contributed by atoms with Gasteiger partial charge in [0, 0.05) is 48.9 Å². The summed E-state index contributed by atoms with van der Waals surface area (Å²) in [6, 6.07) is 9.43. The van der Waals surface area contributed by atoms with Gasteiger partial charge in [-0.2, -0.15) is 18.2 Å². The number of rotatable bonds is 17. The second-order valence-corrected chi connectivity index (χ2v) is 12.1. The maximum absolute atomic E-state index is 13.2. The number of imide groups is 2. The van der Waals surface area contributed by atoms with Gasteiger partial charge in [0.15, 0.2) is 0 Å². The summed E-state index contributed by atoms with van der Waals surface area (Å²) in [5.74, 6) is -4.29. The molecule has 0 aliphatic carbocycles. The number of amides is 5. The number of nitrogens with one attached hydrogen (secondary N) is 3. The number of alkyl halides is 3. The van der Waals surface area contributed by atoms with E-state index < -0.39 is 41.7 Å². The summed E-state index contributed by atoms with van der Waals surface area (Å²) in [7, 11) is 0. The largest absolute Gasteiger partial charge is 0.471 e. The summed E-state index contributed by atoms with van der Waals surface area (Å²) in [6.45, 7) is 7.46. The molecule has 3 heterocycles. The molecule has 5 rings (SSSR count). The van der Waals surface area contributed by atoms with Gasteiger partial charge in [-0.3, -0.25) is 39.1 Å². The standard InChI is InChI=1S/C34H38F3N7O8/c1-3-43(19-20(2)39-29(46)22-9-7-21(8-10-22)28-41-33(52-42-28)34(35,36)37)14-16-51-18-17-50-15-13-38-24-6-4-5-23-27(24)32(49)44(31(23)48)25-11-12-26(45)40-30(25)47/h4-10,20,25,38H,3,11-19H2,1-2H3,(H,39,46)(H,40,45,47). The Hall–Kier alpha value is -5.20. The van der Waals surface area contributed by atoms with E-state index >= 15 is 0 Å². The van der Waals surface area contributed by atoms with Gasteiger partial charge in [0.05, 0.1) is 37.6 Å².